The normalized spacial score (nSPS) is 25.1. The Bertz CT molecular complexity index is 1330. The van der Waals surface area contributed by atoms with Crippen molar-refractivity contribution in [2.75, 3.05) is 87.3 Å². The monoisotopic (exact) mass is 623 g/mol. The summed E-state index contributed by atoms with van der Waals surface area (Å²) in [5, 5.41) is 6.28. The van der Waals surface area contributed by atoms with E-state index < -0.39 is 12.1 Å². The number of rotatable bonds is 8. The minimum absolute atomic E-state index is 0.0504. The van der Waals surface area contributed by atoms with Crippen LogP contribution in [0.5, 0.6) is 0 Å². The number of benzene rings is 1. The lowest BCUT2D eigenvalue weighted by atomic mass is 10.0. The molecule has 1 aromatic heterocycles. The summed E-state index contributed by atoms with van der Waals surface area (Å²) in [5.41, 5.74) is 1.59. The highest BCUT2D eigenvalue weighted by Crippen LogP contribution is 2.32. The number of hydrogen-bond donors (Lipinski definition) is 1. The van der Waals surface area contributed by atoms with Gasteiger partial charge in [0.15, 0.2) is 10.9 Å². The minimum atomic E-state index is -0.697. The van der Waals surface area contributed by atoms with E-state index in [1.807, 2.05) is 45.0 Å². The number of nitrogens with zero attached hydrogens (tertiary/aromatic N) is 6. The smallest absolute Gasteiger partial charge is 0.251 e. The number of fused-ring (bicyclic) bond motifs is 1. The zero-order valence-corrected chi connectivity index (χ0v) is 27.1. The van der Waals surface area contributed by atoms with Crippen LogP contribution in [-0.4, -0.2) is 123 Å². The number of carbonyl (C=O) groups is 3. The number of thiazole rings is 1. The fourth-order valence-corrected chi connectivity index (χ4v) is 7.71. The average Bonchev–Trinajstić information content (AvgIpc) is 3.75. The van der Waals surface area contributed by atoms with Gasteiger partial charge in [-0.3, -0.25) is 14.4 Å². The molecule has 4 saturated heterocycles. The molecule has 1 aromatic carbocycles. The van der Waals surface area contributed by atoms with Gasteiger partial charge in [-0.2, -0.15) is 0 Å². The predicted octanol–water partition coefficient (Wildman–Crippen LogP) is 2.18. The molecule has 238 valence electrons. The summed E-state index contributed by atoms with van der Waals surface area (Å²) >= 11 is 1.73. The third-order valence-corrected chi connectivity index (χ3v) is 10.3. The van der Waals surface area contributed by atoms with Crippen molar-refractivity contribution < 1.29 is 19.1 Å². The van der Waals surface area contributed by atoms with Gasteiger partial charge in [-0.1, -0.05) is 20.8 Å². The second kappa shape index (κ2) is 13.0. The van der Waals surface area contributed by atoms with Crippen LogP contribution in [0.3, 0.4) is 0 Å². The zero-order chi connectivity index (χ0) is 31.0. The first kappa shape index (κ1) is 30.8. The van der Waals surface area contributed by atoms with Crippen molar-refractivity contribution in [1.29, 1.82) is 0 Å². The highest BCUT2D eigenvalue weighted by molar-refractivity contribution is 7.14. The van der Waals surface area contributed by atoms with E-state index in [4.69, 9.17) is 9.72 Å². The van der Waals surface area contributed by atoms with Gasteiger partial charge in [-0.05, 0) is 43.7 Å². The summed E-state index contributed by atoms with van der Waals surface area (Å²) in [5.74, 6) is 0.805. The average molecular weight is 624 g/mol. The Morgan fingerprint density at radius 1 is 1.00 bits per heavy atom. The Labute approximate surface area is 264 Å². The lowest BCUT2D eigenvalue weighted by molar-refractivity contribution is -0.138. The molecule has 4 aliphatic rings. The molecular weight excluding hydrogens is 578 g/mol. The molecule has 5 heterocycles. The molecule has 2 aromatic rings. The van der Waals surface area contributed by atoms with Crippen molar-refractivity contribution in [1.82, 2.24) is 20.1 Å². The highest BCUT2D eigenvalue weighted by atomic mass is 32.1. The number of ketones is 1. The van der Waals surface area contributed by atoms with Crippen LogP contribution in [0.1, 0.15) is 37.6 Å². The van der Waals surface area contributed by atoms with Crippen molar-refractivity contribution >= 4 is 45.6 Å². The first-order valence-electron chi connectivity index (χ1n) is 15.9. The van der Waals surface area contributed by atoms with Crippen LogP contribution in [0, 0.1) is 11.8 Å². The van der Waals surface area contributed by atoms with Gasteiger partial charge in [0, 0.05) is 81.5 Å². The van der Waals surface area contributed by atoms with Crippen molar-refractivity contribution in [3.8, 4) is 0 Å². The van der Waals surface area contributed by atoms with Gasteiger partial charge in [0.05, 0.1) is 6.10 Å². The quantitative estimate of drug-likeness (QED) is 0.474. The lowest BCUT2D eigenvalue weighted by Crippen LogP contribution is -2.52. The molecule has 12 heteroatoms. The maximum atomic E-state index is 13.6. The Morgan fingerprint density at radius 2 is 1.66 bits per heavy atom. The van der Waals surface area contributed by atoms with Crippen molar-refractivity contribution in [3.63, 3.8) is 0 Å². The second-order valence-corrected chi connectivity index (χ2v) is 13.9. The van der Waals surface area contributed by atoms with E-state index in [1.165, 1.54) is 0 Å². The van der Waals surface area contributed by atoms with E-state index in [1.54, 1.807) is 16.2 Å². The predicted molar refractivity (Wildman–Crippen MR) is 173 cm³/mol. The number of carbonyl (C=O) groups excluding carboxylic acids is 3. The number of aromatic nitrogens is 1. The molecule has 44 heavy (non-hydrogen) atoms. The number of hydrogen-bond acceptors (Lipinski definition) is 10. The van der Waals surface area contributed by atoms with Crippen molar-refractivity contribution in [2.24, 2.45) is 11.8 Å². The van der Waals surface area contributed by atoms with Crippen LogP contribution in [0.15, 0.2) is 29.6 Å². The van der Waals surface area contributed by atoms with Crippen LogP contribution in [0.2, 0.25) is 0 Å². The molecule has 0 bridgehead atoms. The van der Waals surface area contributed by atoms with Gasteiger partial charge >= 0.3 is 0 Å². The van der Waals surface area contributed by atoms with E-state index in [2.05, 4.69) is 37.3 Å². The molecule has 4 atom stereocenters. The van der Waals surface area contributed by atoms with Crippen LogP contribution in [-0.2, 0) is 14.3 Å². The topological polar surface area (TPSA) is 102 Å². The van der Waals surface area contributed by atoms with Gasteiger partial charge in [-0.15, -0.1) is 11.3 Å². The molecule has 0 unspecified atom stereocenters. The van der Waals surface area contributed by atoms with E-state index >= 15 is 0 Å². The maximum Gasteiger partial charge on any atom is 0.251 e. The third-order valence-electron chi connectivity index (χ3n) is 9.39. The first-order chi connectivity index (χ1) is 21.2. The molecular formula is C32H45N7O4S. The summed E-state index contributed by atoms with van der Waals surface area (Å²) in [7, 11) is 2.17. The van der Waals surface area contributed by atoms with E-state index in [9.17, 15) is 14.4 Å². The Kier molecular flexibility index (Phi) is 9.11. The molecule has 11 nitrogen and oxygen atoms in total. The third kappa shape index (κ3) is 6.43. The molecule has 0 aliphatic carbocycles. The molecule has 0 saturated carbocycles. The van der Waals surface area contributed by atoms with Crippen molar-refractivity contribution in [3.05, 3.63) is 35.2 Å². The summed E-state index contributed by atoms with van der Waals surface area (Å²) in [6.45, 7) is 14.3. The fourth-order valence-electron chi connectivity index (χ4n) is 6.82. The number of nitrogens with one attached hydrogen (secondary N) is 1. The van der Waals surface area contributed by atoms with Crippen LogP contribution >= 0.6 is 11.3 Å². The number of ether oxygens (including phenoxy) is 1. The molecule has 4 fully saturated rings. The Morgan fingerprint density at radius 3 is 2.34 bits per heavy atom. The van der Waals surface area contributed by atoms with Gasteiger partial charge < -0.3 is 34.6 Å². The van der Waals surface area contributed by atoms with Gasteiger partial charge in [-0.25, -0.2) is 4.98 Å². The zero-order valence-electron chi connectivity index (χ0n) is 26.3. The molecule has 6 rings (SSSR count). The molecule has 4 aliphatic heterocycles. The number of amides is 2. The van der Waals surface area contributed by atoms with E-state index in [0.717, 1.165) is 69.0 Å². The number of likely N-dealkylation sites (tertiary alicyclic amines) is 1. The van der Waals surface area contributed by atoms with Crippen LogP contribution < -0.4 is 20.0 Å². The fraction of sp³-hybridized carbons (Fsp3) is 0.625. The minimum Gasteiger partial charge on any atom is -0.368 e. The summed E-state index contributed by atoms with van der Waals surface area (Å²) < 4.78 is 5.67. The molecule has 0 spiro atoms. The van der Waals surface area contributed by atoms with E-state index in [0.29, 0.717) is 18.5 Å². The highest BCUT2D eigenvalue weighted by Gasteiger charge is 2.51. The molecule has 2 amide bonds. The summed E-state index contributed by atoms with van der Waals surface area (Å²) in [4.78, 5) is 55.5. The largest absolute Gasteiger partial charge is 0.368 e. The number of Topliss-reactive ketones (excluding diaryl/α,β-unsaturated/α-hetero) is 1. The second-order valence-electron chi connectivity index (χ2n) is 13.1. The Balaban J connectivity index is 1.04. The van der Waals surface area contributed by atoms with Gasteiger partial charge in [0.25, 0.3) is 5.91 Å². The van der Waals surface area contributed by atoms with Crippen molar-refractivity contribution in [2.45, 2.75) is 45.4 Å². The Hall–Kier alpha value is -3.22. The number of anilines is 3. The summed E-state index contributed by atoms with van der Waals surface area (Å²) in [6.07, 6.45) is 0.248. The van der Waals surface area contributed by atoms with Gasteiger partial charge in [0.2, 0.25) is 5.91 Å². The first-order valence-corrected chi connectivity index (χ1v) is 16.8. The molecule has 0 radical (unpaired) electrons. The maximum absolute atomic E-state index is 13.6. The standard InChI is InChI=1S/C32H45N7O4S/c1-21(2)17-25(31(42)39-18-22(3)29-28(39)26(40)19-43-29)33-30(41)23-5-7-24(8-6-23)36-13-15-37(16-14-36)27-20-44-32(34-27)38-11-9-35(4)10-12-38/h5-8,20-22,25,28-29H,9-19H2,1-4H3,(H,33,41)/t22-,25-,28+,29+/m0/s1. The van der Waals surface area contributed by atoms with Crippen LogP contribution in [0.25, 0.3) is 0 Å². The van der Waals surface area contributed by atoms with E-state index in [-0.39, 0.29) is 42.1 Å². The van der Waals surface area contributed by atoms with Gasteiger partial charge in [0.1, 0.15) is 24.5 Å². The van der Waals surface area contributed by atoms with Crippen LogP contribution in [0.4, 0.5) is 16.6 Å². The molecule has 1 N–H and O–H groups in total. The SMILES string of the molecule is CC(C)C[C@H](NC(=O)c1ccc(N2CCN(c3csc(N4CCN(C)CC4)n3)CC2)cc1)C(=O)N1C[C@H](C)[C@H]2OCC(=O)[C@H]21. The lowest BCUT2D eigenvalue weighted by Gasteiger charge is -2.36. The number of piperazine rings is 2. The number of likely N-dealkylation sites (N-methyl/N-ethyl adjacent to an activating group) is 1. The summed E-state index contributed by atoms with van der Waals surface area (Å²) in [6, 6.07) is 6.40.